The zero-order valence-electron chi connectivity index (χ0n) is 14.1. The molecule has 3 aliphatic rings. The summed E-state index contributed by atoms with van der Waals surface area (Å²) in [6.45, 7) is 6.67. The molecule has 23 heavy (non-hydrogen) atoms. The molecule has 0 bridgehead atoms. The summed E-state index contributed by atoms with van der Waals surface area (Å²) in [6.07, 6.45) is 6.25. The Labute approximate surface area is 139 Å². The van der Waals surface area contributed by atoms with Crippen molar-refractivity contribution in [1.29, 1.82) is 0 Å². The molecule has 2 aliphatic heterocycles. The third kappa shape index (κ3) is 3.68. The minimum Gasteiger partial charge on any atom is -0.378 e. The lowest BCUT2D eigenvalue weighted by atomic mass is 10.0. The molecule has 1 aromatic rings. The van der Waals surface area contributed by atoms with Gasteiger partial charge in [0.15, 0.2) is 0 Å². The first-order valence-corrected chi connectivity index (χ1v) is 9.10. The number of nitrogens with zero attached hydrogens (tertiary/aromatic N) is 1. The van der Waals surface area contributed by atoms with Crippen LogP contribution in [0.25, 0.3) is 6.08 Å². The summed E-state index contributed by atoms with van der Waals surface area (Å²) < 4.78 is 5.32. The second-order valence-electron chi connectivity index (χ2n) is 7.42. The Bertz CT molecular complexity index is 544. The highest BCUT2D eigenvalue weighted by Crippen LogP contribution is 2.38. The van der Waals surface area contributed by atoms with E-state index in [2.05, 4.69) is 53.5 Å². The first-order valence-electron chi connectivity index (χ1n) is 9.10. The molecule has 3 nitrogen and oxygen atoms in total. The molecule has 2 atom stereocenters. The van der Waals surface area contributed by atoms with Crippen molar-refractivity contribution in [2.75, 3.05) is 26.3 Å². The molecule has 124 valence electrons. The van der Waals surface area contributed by atoms with Gasteiger partial charge in [-0.2, -0.15) is 0 Å². The molecule has 1 aromatic carbocycles. The van der Waals surface area contributed by atoms with Gasteiger partial charge in [0, 0.05) is 25.2 Å². The Balaban J connectivity index is 1.23. The predicted molar refractivity (Wildman–Crippen MR) is 94.3 cm³/mol. The number of ether oxygens (including phenoxy) is 1. The van der Waals surface area contributed by atoms with E-state index >= 15 is 0 Å². The number of piperidine rings is 1. The SMILES string of the molecule is CC(=Cc1ccccc1)C1CC1NC1CCN(C2COC2)CC1. The van der Waals surface area contributed by atoms with Crippen LogP contribution in [-0.2, 0) is 4.74 Å². The minimum absolute atomic E-state index is 0.707. The van der Waals surface area contributed by atoms with Crippen molar-refractivity contribution in [2.24, 2.45) is 5.92 Å². The molecule has 3 heteroatoms. The van der Waals surface area contributed by atoms with Gasteiger partial charge in [-0.3, -0.25) is 4.90 Å². The summed E-state index contributed by atoms with van der Waals surface area (Å²) in [5.41, 5.74) is 2.85. The average Bonchev–Trinajstić information content (AvgIpc) is 3.28. The van der Waals surface area contributed by atoms with Crippen LogP contribution >= 0.6 is 0 Å². The van der Waals surface area contributed by atoms with Gasteiger partial charge in [-0.15, -0.1) is 0 Å². The van der Waals surface area contributed by atoms with Gasteiger partial charge >= 0.3 is 0 Å². The molecule has 1 aliphatic carbocycles. The van der Waals surface area contributed by atoms with Gasteiger partial charge in [-0.1, -0.05) is 42.0 Å². The molecule has 2 unspecified atom stereocenters. The molecule has 0 amide bonds. The van der Waals surface area contributed by atoms with Gasteiger partial charge in [0.1, 0.15) is 0 Å². The van der Waals surface area contributed by atoms with Crippen molar-refractivity contribution < 1.29 is 4.74 Å². The van der Waals surface area contributed by atoms with Crippen LogP contribution in [0.3, 0.4) is 0 Å². The molecule has 1 N–H and O–H groups in total. The summed E-state index contributed by atoms with van der Waals surface area (Å²) in [4.78, 5) is 2.62. The maximum absolute atomic E-state index is 5.32. The number of likely N-dealkylation sites (tertiary alicyclic amines) is 1. The second kappa shape index (κ2) is 6.76. The van der Waals surface area contributed by atoms with Crippen molar-refractivity contribution in [1.82, 2.24) is 10.2 Å². The fourth-order valence-electron chi connectivity index (χ4n) is 3.97. The topological polar surface area (TPSA) is 24.5 Å². The van der Waals surface area contributed by atoms with E-state index in [1.54, 1.807) is 0 Å². The van der Waals surface area contributed by atoms with E-state index in [1.807, 2.05) is 0 Å². The van der Waals surface area contributed by atoms with Gasteiger partial charge in [0.2, 0.25) is 0 Å². The number of hydrogen-bond donors (Lipinski definition) is 1. The molecule has 0 spiro atoms. The van der Waals surface area contributed by atoms with Crippen LogP contribution in [0.15, 0.2) is 35.9 Å². The lowest BCUT2D eigenvalue weighted by molar-refractivity contribution is -0.0719. The average molecular weight is 312 g/mol. The van der Waals surface area contributed by atoms with Crippen molar-refractivity contribution in [3.63, 3.8) is 0 Å². The van der Waals surface area contributed by atoms with Crippen molar-refractivity contribution >= 4 is 6.08 Å². The third-order valence-corrected chi connectivity index (χ3v) is 5.69. The number of hydrogen-bond acceptors (Lipinski definition) is 3. The summed E-state index contributed by atoms with van der Waals surface area (Å²) >= 11 is 0. The van der Waals surface area contributed by atoms with E-state index in [4.69, 9.17) is 4.74 Å². The number of nitrogens with one attached hydrogen (secondary N) is 1. The normalized spacial score (nSPS) is 30.2. The maximum atomic E-state index is 5.32. The summed E-state index contributed by atoms with van der Waals surface area (Å²) in [7, 11) is 0. The molecule has 0 aromatic heterocycles. The van der Waals surface area contributed by atoms with Crippen LogP contribution in [0.5, 0.6) is 0 Å². The lowest BCUT2D eigenvalue weighted by Gasteiger charge is -2.41. The van der Waals surface area contributed by atoms with Gasteiger partial charge < -0.3 is 10.1 Å². The van der Waals surface area contributed by atoms with E-state index in [0.717, 1.165) is 19.1 Å². The standard InChI is InChI=1S/C20H28N2O/c1-15(11-16-5-3-2-4-6-16)19-12-20(19)21-17-7-9-22(10-8-17)18-13-23-14-18/h2-6,11,17-21H,7-10,12-14H2,1H3. The Morgan fingerprint density at radius 2 is 1.91 bits per heavy atom. The lowest BCUT2D eigenvalue weighted by Crippen LogP contribution is -2.54. The van der Waals surface area contributed by atoms with Gasteiger partial charge in [-0.05, 0) is 37.7 Å². The smallest absolute Gasteiger partial charge is 0.0645 e. The second-order valence-corrected chi connectivity index (χ2v) is 7.42. The Hall–Kier alpha value is -1.16. The zero-order valence-corrected chi connectivity index (χ0v) is 14.1. The van der Waals surface area contributed by atoms with Crippen LogP contribution in [-0.4, -0.2) is 49.3 Å². The van der Waals surface area contributed by atoms with Gasteiger partial charge in [0.25, 0.3) is 0 Å². The van der Waals surface area contributed by atoms with Crippen LogP contribution in [0.1, 0.15) is 31.7 Å². The first-order chi connectivity index (χ1) is 11.3. The summed E-state index contributed by atoms with van der Waals surface area (Å²) in [5.74, 6) is 0.744. The van der Waals surface area contributed by atoms with Crippen molar-refractivity contribution in [2.45, 2.75) is 44.3 Å². The monoisotopic (exact) mass is 312 g/mol. The summed E-state index contributed by atoms with van der Waals surface area (Å²) in [6, 6.07) is 12.8. The van der Waals surface area contributed by atoms with Crippen molar-refractivity contribution in [3.8, 4) is 0 Å². The molecule has 2 saturated heterocycles. The maximum Gasteiger partial charge on any atom is 0.0645 e. The number of benzene rings is 1. The van der Waals surface area contributed by atoms with E-state index in [9.17, 15) is 0 Å². The fourth-order valence-corrected chi connectivity index (χ4v) is 3.97. The number of rotatable bonds is 5. The van der Waals surface area contributed by atoms with E-state index < -0.39 is 0 Å². The largest absolute Gasteiger partial charge is 0.378 e. The van der Waals surface area contributed by atoms with Gasteiger partial charge in [0.05, 0.1) is 19.3 Å². The quantitative estimate of drug-likeness (QED) is 0.905. The van der Waals surface area contributed by atoms with Crippen molar-refractivity contribution in [3.05, 3.63) is 41.5 Å². The fraction of sp³-hybridized carbons (Fsp3) is 0.600. The van der Waals surface area contributed by atoms with Crippen LogP contribution in [0, 0.1) is 5.92 Å². The Morgan fingerprint density at radius 3 is 2.57 bits per heavy atom. The van der Waals surface area contributed by atoms with Crippen LogP contribution < -0.4 is 5.32 Å². The van der Waals surface area contributed by atoms with Crippen LogP contribution in [0.2, 0.25) is 0 Å². The molecule has 1 saturated carbocycles. The van der Waals surface area contributed by atoms with E-state index in [0.29, 0.717) is 18.1 Å². The zero-order chi connectivity index (χ0) is 15.6. The minimum atomic E-state index is 0.707. The Morgan fingerprint density at radius 1 is 1.17 bits per heavy atom. The first kappa shape index (κ1) is 15.4. The molecular formula is C20H28N2O. The van der Waals surface area contributed by atoms with E-state index in [1.165, 1.54) is 43.5 Å². The predicted octanol–water partition coefficient (Wildman–Crippen LogP) is 2.93. The van der Waals surface area contributed by atoms with Gasteiger partial charge in [-0.25, -0.2) is 0 Å². The van der Waals surface area contributed by atoms with E-state index in [-0.39, 0.29) is 0 Å². The highest BCUT2D eigenvalue weighted by atomic mass is 16.5. The summed E-state index contributed by atoms with van der Waals surface area (Å²) in [5, 5.41) is 3.91. The molecule has 2 heterocycles. The Kier molecular flexibility index (Phi) is 4.52. The van der Waals surface area contributed by atoms with Crippen LogP contribution in [0.4, 0.5) is 0 Å². The molecule has 0 radical (unpaired) electrons. The highest BCUT2D eigenvalue weighted by molar-refractivity contribution is 5.53. The molecule has 4 rings (SSSR count). The highest BCUT2D eigenvalue weighted by Gasteiger charge is 2.40. The molecule has 3 fully saturated rings. The molecular weight excluding hydrogens is 284 g/mol. The third-order valence-electron chi connectivity index (χ3n) is 5.69.